The van der Waals surface area contributed by atoms with Gasteiger partial charge >= 0.3 is 0 Å². The average Bonchev–Trinajstić information content (AvgIpc) is 2.71. The quantitative estimate of drug-likeness (QED) is 0.855. The van der Waals surface area contributed by atoms with Crippen LogP contribution in [0.4, 0.5) is 0 Å². The van der Waals surface area contributed by atoms with E-state index in [1.807, 2.05) is 0 Å². The van der Waals surface area contributed by atoms with Gasteiger partial charge in [0.05, 0.1) is 4.34 Å². The normalized spacial score (nSPS) is 26.5. The van der Waals surface area contributed by atoms with Crippen LogP contribution in [0.1, 0.15) is 49.1 Å². The van der Waals surface area contributed by atoms with E-state index in [1.54, 1.807) is 11.3 Å². The smallest absolute Gasteiger partial charge is 0.0934 e. The lowest BCUT2D eigenvalue weighted by atomic mass is 9.70. The molecule has 0 saturated heterocycles. The Hall–Kier alpha value is -0.0500. The molecule has 1 N–H and O–H groups in total. The molecule has 2 aliphatic carbocycles. The SMILES string of the molecule is CC1(CNC2CCc3sc(Cl)cc32)CCC1. The van der Waals surface area contributed by atoms with E-state index in [9.17, 15) is 0 Å². The van der Waals surface area contributed by atoms with E-state index in [2.05, 4.69) is 18.3 Å². The highest BCUT2D eigenvalue weighted by Crippen LogP contribution is 2.42. The molecule has 2 aliphatic rings. The van der Waals surface area contributed by atoms with E-state index in [-0.39, 0.29) is 0 Å². The molecular formula is C13H18ClNS. The molecule has 0 spiro atoms. The van der Waals surface area contributed by atoms with Crippen molar-refractivity contribution in [1.82, 2.24) is 5.32 Å². The van der Waals surface area contributed by atoms with E-state index >= 15 is 0 Å². The molecule has 1 nitrogen and oxygen atoms in total. The van der Waals surface area contributed by atoms with Crippen LogP contribution in [-0.2, 0) is 6.42 Å². The predicted octanol–water partition coefficient (Wildman–Crippen LogP) is 4.17. The number of halogens is 1. The zero-order chi connectivity index (χ0) is 11.2. The van der Waals surface area contributed by atoms with Crippen LogP contribution in [0, 0.1) is 5.41 Å². The topological polar surface area (TPSA) is 12.0 Å². The van der Waals surface area contributed by atoms with Gasteiger partial charge in [0.15, 0.2) is 0 Å². The summed E-state index contributed by atoms with van der Waals surface area (Å²) in [5, 5.41) is 3.74. The summed E-state index contributed by atoms with van der Waals surface area (Å²) in [4.78, 5) is 1.50. The predicted molar refractivity (Wildman–Crippen MR) is 70.4 cm³/mol. The number of aryl methyl sites for hydroxylation is 1. The minimum Gasteiger partial charge on any atom is -0.309 e. The highest BCUT2D eigenvalue weighted by molar-refractivity contribution is 7.16. The summed E-state index contributed by atoms with van der Waals surface area (Å²) in [6.45, 7) is 3.57. The van der Waals surface area contributed by atoms with E-state index in [4.69, 9.17) is 11.6 Å². The molecule has 0 bridgehead atoms. The molecule has 3 rings (SSSR count). The Labute approximate surface area is 106 Å². The van der Waals surface area contributed by atoms with E-state index < -0.39 is 0 Å². The molecule has 1 atom stereocenters. The number of hydrogen-bond donors (Lipinski definition) is 1. The average molecular weight is 256 g/mol. The standard InChI is InChI=1S/C13H18ClNS/c1-13(5-2-6-13)8-15-10-3-4-11-9(10)7-12(14)16-11/h7,10,15H,2-6,8H2,1H3. The van der Waals surface area contributed by atoms with Gasteiger partial charge in [-0.3, -0.25) is 0 Å². The van der Waals surface area contributed by atoms with E-state index in [0.29, 0.717) is 11.5 Å². The zero-order valence-corrected chi connectivity index (χ0v) is 11.3. The van der Waals surface area contributed by atoms with Crippen LogP contribution in [0.2, 0.25) is 4.34 Å². The number of fused-ring (bicyclic) bond motifs is 1. The Morgan fingerprint density at radius 1 is 1.56 bits per heavy atom. The van der Waals surface area contributed by atoms with Gasteiger partial charge in [0.2, 0.25) is 0 Å². The molecule has 88 valence electrons. The van der Waals surface area contributed by atoms with Gasteiger partial charge in [-0.1, -0.05) is 24.9 Å². The fourth-order valence-electron chi connectivity index (χ4n) is 2.87. The molecular weight excluding hydrogens is 238 g/mol. The number of hydrogen-bond acceptors (Lipinski definition) is 2. The number of thiophene rings is 1. The third-order valence-corrected chi connectivity index (χ3v) is 5.52. The first kappa shape index (κ1) is 11.1. The molecule has 3 heteroatoms. The van der Waals surface area contributed by atoms with Crippen LogP contribution in [0.5, 0.6) is 0 Å². The minimum atomic E-state index is 0.566. The lowest BCUT2D eigenvalue weighted by Gasteiger charge is -2.39. The van der Waals surface area contributed by atoms with Crippen molar-refractivity contribution >= 4 is 22.9 Å². The van der Waals surface area contributed by atoms with Gasteiger partial charge in [0.1, 0.15) is 0 Å². The van der Waals surface area contributed by atoms with Gasteiger partial charge in [0.25, 0.3) is 0 Å². The molecule has 1 fully saturated rings. The highest BCUT2D eigenvalue weighted by Gasteiger charge is 2.33. The summed E-state index contributed by atoms with van der Waals surface area (Å²) in [6, 6.07) is 2.73. The molecule has 1 heterocycles. The van der Waals surface area contributed by atoms with Crippen molar-refractivity contribution in [2.45, 2.75) is 45.1 Å². The van der Waals surface area contributed by atoms with Gasteiger partial charge in [-0.15, -0.1) is 11.3 Å². The molecule has 1 aromatic rings. The summed E-state index contributed by atoms with van der Waals surface area (Å²) in [7, 11) is 0. The largest absolute Gasteiger partial charge is 0.309 e. The molecule has 0 amide bonds. The first-order chi connectivity index (χ1) is 7.66. The molecule has 16 heavy (non-hydrogen) atoms. The Morgan fingerprint density at radius 3 is 3.06 bits per heavy atom. The van der Waals surface area contributed by atoms with E-state index in [1.165, 1.54) is 49.1 Å². The monoisotopic (exact) mass is 255 g/mol. The van der Waals surface area contributed by atoms with Crippen molar-refractivity contribution in [2.75, 3.05) is 6.54 Å². The maximum atomic E-state index is 6.06. The molecule has 0 radical (unpaired) electrons. The Kier molecular flexibility index (Phi) is 2.77. The summed E-state index contributed by atoms with van der Waals surface area (Å²) in [5.74, 6) is 0. The fourth-order valence-corrected chi connectivity index (χ4v) is 4.23. The first-order valence-corrected chi connectivity index (χ1v) is 7.37. The van der Waals surface area contributed by atoms with Crippen molar-refractivity contribution in [3.63, 3.8) is 0 Å². The Morgan fingerprint density at radius 2 is 2.38 bits per heavy atom. The van der Waals surface area contributed by atoms with E-state index in [0.717, 1.165) is 4.34 Å². The van der Waals surface area contributed by atoms with Crippen LogP contribution in [-0.4, -0.2) is 6.54 Å². The van der Waals surface area contributed by atoms with Gasteiger partial charge in [0, 0.05) is 17.5 Å². The summed E-state index contributed by atoms with van der Waals surface area (Å²) < 4.78 is 0.950. The molecule has 1 saturated carbocycles. The van der Waals surface area contributed by atoms with Crippen LogP contribution >= 0.6 is 22.9 Å². The number of nitrogens with one attached hydrogen (secondary N) is 1. The first-order valence-electron chi connectivity index (χ1n) is 6.18. The van der Waals surface area contributed by atoms with Crippen molar-refractivity contribution in [2.24, 2.45) is 5.41 Å². The van der Waals surface area contributed by atoms with Crippen LogP contribution in [0.15, 0.2) is 6.07 Å². The fraction of sp³-hybridized carbons (Fsp3) is 0.692. The summed E-state index contributed by atoms with van der Waals surface area (Å²) in [6.07, 6.45) is 6.67. The van der Waals surface area contributed by atoms with Gasteiger partial charge in [-0.2, -0.15) is 0 Å². The maximum Gasteiger partial charge on any atom is 0.0934 e. The summed E-state index contributed by atoms with van der Waals surface area (Å²) >= 11 is 7.82. The zero-order valence-electron chi connectivity index (χ0n) is 9.68. The second kappa shape index (κ2) is 4.01. The third kappa shape index (κ3) is 1.92. The number of rotatable bonds is 3. The van der Waals surface area contributed by atoms with Crippen molar-refractivity contribution in [3.8, 4) is 0 Å². The minimum absolute atomic E-state index is 0.566. The molecule has 1 aromatic heterocycles. The van der Waals surface area contributed by atoms with Crippen LogP contribution in [0.25, 0.3) is 0 Å². The maximum absolute atomic E-state index is 6.06. The molecule has 0 aromatic carbocycles. The van der Waals surface area contributed by atoms with Crippen LogP contribution < -0.4 is 5.32 Å². The van der Waals surface area contributed by atoms with Crippen molar-refractivity contribution < 1.29 is 0 Å². The Bertz CT molecular complexity index is 395. The molecule has 1 unspecified atom stereocenters. The third-order valence-electron chi connectivity index (χ3n) is 4.18. The lowest BCUT2D eigenvalue weighted by Crippen LogP contribution is -2.38. The van der Waals surface area contributed by atoms with Crippen molar-refractivity contribution in [1.29, 1.82) is 0 Å². The van der Waals surface area contributed by atoms with Gasteiger partial charge < -0.3 is 5.32 Å². The van der Waals surface area contributed by atoms with Crippen molar-refractivity contribution in [3.05, 3.63) is 20.8 Å². The van der Waals surface area contributed by atoms with Gasteiger partial charge in [-0.05, 0) is 42.7 Å². The van der Waals surface area contributed by atoms with Crippen LogP contribution in [0.3, 0.4) is 0 Å². The lowest BCUT2D eigenvalue weighted by molar-refractivity contribution is 0.150. The molecule has 0 aliphatic heterocycles. The second-order valence-electron chi connectivity index (χ2n) is 5.57. The summed E-state index contributed by atoms with van der Waals surface area (Å²) in [5.41, 5.74) is 2.04. The highest BCUT2D eigenvalue weighted by atomic mass is 35.5. The second-order valence-corrected chi connectivity index (χ2v) is 7.33. The van der Waals surface area contributed by atoms with Gasteiger partial charge in [-0.25, -0.2) is 0 Å². The Balaban J connectivity index is 1.64.